The summed E-state index contributed by atoms with van der Waals surface area (Å²) in [5.74, 6) is -1.72. The molecule has 0 saturated heterocycles. The second kappa shape index (κ2) is 20.9. The normalized spacial score (nSPS) is 12.8. The zero-order chi connectivity index (χ0) is 26.5. The monoisotopic (exact) mass is 503 g/mol. The lowest BCUT2D eigenvalue weighted by molar-refractivity contribution is -0.138. The maximum atomic E-state index is 12.0. The molecule has 34 heavy (non-hydrogen) atoms. The number of nitrogens with zero attached hydrogens (tertiary/aromatic N) is 1. The third-order valence-corrected chi connectivity index (χ3v) is 4.24. The fraction of sp³-hybridized carbons (Fsp3) is 0.619. The summed E-state index contributed by atoms with van der Waals surface area (Å²) in [5.41, 5.74) is 3.91. The summed E-state index contributed by atoms with van der Waals surface area (Å²) in [6, 6.07) is -0.752. The van der Waals surface area contributed by atoms with E-state index in [0.717, 1.165) is 11.4 Å². The van der Waals surface area contributed by atoms with Crippen LogP contribution < -0.4 is 21.7 Å². The Labute approximate surface area is 203 Å². The zero-order valence-corrected chi connectivity index (χ0v) is 21.5. The highest BCUT2D eigenvalue weighted by molar-refractivity contribution is 7.40. The number of nitrogens with one attached hydrogen (secondary N) is 3. The summed E-state index contributed by atoms with van der Waals surface area (Å²) in [7, 11) is 3.92. The van der Waals surface area contributed by atoms with Crippen LogP contribution in [0.5, 0.6) is 0 Å². The molecule has 0 bridgehead atoms. The Morgan fingerprint density at radius 1 is 1.18 bits per heavy atom. The van der Waals surface area contributed by atoms with Gasteiger partial charge in [0, 0.05) is 18.6 Å². The molecule has 1 aliphatic rings. The average molecular weight is 504 g/mol. The fourth-order valence-corrected chi connectivity index (χ4v) is 2.49. The fourth-order valence-electron chi connectivity index (χ4n) is 2.39. The molecule has 0 aromatic carbocycles. The van der Waals surface area contributed by atoms with Crippen LogP contribution in [0, 0.1) is 5.92 Å². The summed E-state index contributed by atoms with van der Waals surface area (Å²) in [6.07, 6.45) is 3.89. The van der Waals surface area contributed by atoms with Gasteiger partial charge in [-0.1, -0.05) is 30.0 Å². The minimum atomic E-state index is -0.752. The van der Waals surface area contributed by atoms with E-state index < -0.39 is 11.9 Å². The number of imide groups is 1. The molecule has 0 aliphatic carbocycles. The summed E-state index contributed by atoms with van der Waals surface area (Å²) in [4.78, 5) is 67.2. The van der Waals surface area contributed by atoms with Gasteiger partial charge >= 0.3 is 0 Å². The average Bonchev–Trinajstić information content (AvgIpc) is 3.09. The number of carbonyl (C=O) groups excluding carboxylic acids is 6. The lowest BCUT2D eigenvalue weighted by atomic mass is 10.0. The second-order valence-electron chi connectivity index (χ2n) is 7.24. The molecule has 0 spiro atoms. The van der Waals surface area contributed by atoms with Crippen molar-refractivity contribution in [1.82, 2.24) is 20.9 Å². The highest BCUT2D eigenvalue weighted by Gasteiger charge is 2.24. The van der Waals surface area contributed by atoms with Crippen LogP contribution >= 0.6 is 9.24 Å². The largest absolute Gasteiger partial charge is 0.379 e. The zero-order valence-electron chi connectivity index (χ0n) is 20.3. The summed E-state index contributed by atoms with van der Waals surface area (Å²) in [6.45, 7) is 7.06. The van der Waals surface area contributed by atoms with Gasteiger partial charge in [-0.25, -0.2) is 0 Å². The molecule has 12 nitrogen and oxygen atoms in total. The van der Waals surface area contributed by atoms with Crippen molar-refractivity contribution < 1.29 is 33.5 Å². The molecule has 13 heteroatoms. The smallest absolute Gasteiger partial charge is 0.253 e. The van der Waals surface area contributed by atoms with Crippen molar-refractivity contribution in [2.24, 2.45) is 11.7 Å². The number of primary amides is 1. The Morgan fingerprint density at radius 3 is 2.15 bits per heavy atom. The topological polar surface area (TPSA) is 177 Å². The summed E-state index contributed by atoms with van der Waals surface area (Å²) >= 11 is 0. The van der Waals surface area contributed by atoms with Crippen molar-refractivity contribution >= 4 is 44.8 Å². The van der Waals surface area contributed by atoms with E-state index in [1.54, 1.807) is 13.8 Å². The Hall–Kier alpha value is -2.69. The van der Waals surface area contributed by atoms with Crippen molar-refractivity contribution in [3.05, 3.63) is 12.2 Å². The van der Waals surface area contributed by atoms with E-state index in [9.17, 15) is 24.0 Å². The number of hydrogen-bond donors (Lipinski definition) is 4. The van der Waals surface area contributed by atoms with E-state index in [2.05, 4.69) is 28.6 Å². The van der Waals surface area contributed by atoms with Crippen LogP contribution in [-0.2, 0) is 33.5 Å². The molecule has 1 aliphatic heterocycles. The van der Waals surface area contributed by atoms with Crippen LogP contribution in [-0.4, -0.2) is 86.4 Å². The third kappa shape index (κ3) is 16.9. The number of nitrogens with two attached hydrogens (primary N) is 1. The van der Waals surface area contributed by atoms with E-state index in [1.165, 1.54) is 18.6 Å². The molecule has 0 aromatic rings. The molecule has 5 amide bonds. The maximum Gasteiger partial charge on any atom is 0.253 e. The molecular weight excluding hydrogens is 465 g/mol. The number of carbonyl (C=O) groups is 6. The van der Waals surface area contributed by atoms with E-state index in [1.807, 2.05) is 16.3 Å². The van der Waals surface area contributed by atoms with Crippen LogP contribution in [0.4, 0.5) is 0 Å². The van der Waals surface area contributed by atoms with Gasteiger partial charge in [0.1, 0.15) is 6.04 Å². The van der Waals surface area contributed by atoms with Gasteiger partial charge in [-0.2, -0.15) is 0 Å². The van der Waals surface area contributed by atoms with Crippen LogP contribution in [0.3, 0.4) is 0 Å². The van der Waals surface area contributed by atoms with Gasteiger partial charge in [-0.3, -0.25) is 33.7 Å². The minimum Gasteiger partial charge on any atom is -0.379 e. The summed E-state index contributed by atoms with van der Waals surface area (Å²) < 4.78 is 5.26. The van der Waals surface area contributed by atoms with Gasteiger partial charge < -0.3 is 26.4 Å². The number of amides is 5. The first-order valence-corrected chi connectivity index (χ1v) is 11.4. The molecule has 0 saturated carbocycles. The quantitative estimate of drug-likeness (QED) is 0.104. The molecule has 0 fully saturated rings. The molecule has 1 heterocycles. The van der Waals surface area contributed by atoms with E-state index in [0.29, 0.717) is 0 Å². The molecule has 0 aromatic heterocycles. The first-order valence-electron chi connectivity index (χ1n) is 10.8. The Morgan fingerprint density at radius 2 is 1.74 bits per heavy atom. The van der Waals surface area contributed by atoms with Crippen molar-refractivity contribution in [2.45, 2.75) is 39.7 Å². The number of ether oxygens (including phenoxy) is 1. The number of hydrogen-bond acceptors (Lipinski definition) is 8. The molecule has 194 valence electrons. The lowest BCUT2D eigenvalue weighted by Gasteiger charge is -2.21. The molecule has 2 unspecified atom stereocenters. The van der Waals surface area contributed by atoms with E-state index in [4.69, 9.17) is 9.53 Å². The first-order chi connectivity index (χ1) is 16.0. The predicted octanol–water partition coefficient (Wildman–Crippen LogP) is -1.31. The summed E-state index contributed by atoms with van der Waals surface area (Å²) in [5, 5.41) is 8.08. The Balaban J connectivity index is 0. The van der Waals surface area contributed by atoms with Gasteiger partial charge in [0.25, 0.3) is 11.8 Å². The molecular formula is C21H38N5O7P. The van der Waals surface area contributed by atoms with Gasteiger partial charge in [0.15, 0.2) is 5.52 Å². The molecule has 5 N–H and O–H groups in total. The molecule has 1 rings (SSSR count). The highest BCUT2D eigenvalue weighted by Crippen LogP contribution is 2.04. The van der Waals surface area contributed by atoms with Crippen LogP contribution in [0.25, 0.3) is 0 Å². The van der Waals surface area contributed by atoms with Gasteiger partial charge in [-0.05, 0) is 25.9 Å². The SMILES string of the molecule is CC(C)C(NC(=O)CCOCCN1C(=O)C=CC1=O)C(=O)NCC(=O)P.CCCNC.NC=O. The van der Waals surface area contributed by atoms with E-state index in [-0.39, 0.29) is 68.3 Å². The van der Waals surface area contributed by atoms with Crippen LogP contribution in [0.1, 0.15) is 33.6 Å². The van der Waals surface area contributed by atoms with Crippen molar-refractivity contribution in [1.29, 1.82) is 0 Å². The van der Waals surface area contributed by atoms with Crippen molar-refractivity contribution in [2.75, 3.05) is 39.9 Å². The first kappa shape index (κ1) is 33.5. The van der Waals surface area contributed by atoms with Crippen molar-refractivity contribution in [3.8, 4) is 0 Å². The maximum absolute atomic E-state index is 12.0. The Kier molecular flexibility index (Phi) is 20.6. The van der Waals surface area contributed by atoms with Crippen LogP contribution in [0.2, 0.25) is 0 Å². The van der Waals surface area contributed by atoms with Gasteiger partial charge in [-0.15, -0.1) is 0 Å². The number of rotatable bonds is 13. The van der Waals surface area contributed by atoms with Gasteiger partial charge in [0.2, 0.25) is 18.2 Å². The molecule has 0 radical (unpaired) electrons. The van der Waals surface area contributed by atoms with E-state index >= 15 is 0 Å². The van der Waals surface area contributed by atoms with Crippen molar-refractivity contribution in [3.63, 3.8) is 0 Å². The second-order valence-corrected chi connectivity index (χ2v) is 7.88. The molecule has 2 atom stereocenters. The van der Waals surface area contributed by atoms with Crippen LogP contribution in [0.15, 0.2) is 12.2 Å². The highest BCUT2D eigenvalue weighted by atomic mass is 31.0. The Bertz CT molecular complexity index is 681. The minimum absolute atomic E-state index is 0.0270. The third-order valence-electron chi connectivity index (χ3n) is 4.04. The predicted molar refractivity (Wildman–Crippen MR) is 130 cm³/mol. The lowest BCUT2D eigenvalue weighted by Crippen LogP contribution is -2.50. The van der Waals surface area contributed by atoms with Gasteiger partial charge in [0.05, 0.1) is 26.3 Å². The standard InChI is InChI=1S/C16H24N3O6P.C4H11N.CH3NO/c1-10(2)15(16(24)17-9-14(23)26)18-11(20)5-7-25-8-6-19-12(21)3-4-13(19)22;1-3-4-5-2;2-1-3/h3-4,10,15H,5-9,26H2,1-2H3,(H,17,24)(H,18,20);5H,3-4H2,1-2H3;1H,(H2,2,3).